The number of aliphatic imine (C=N–C) groups is 1. The van der Waals surface area contributed by atoms with Gasteiger partial charge in [0.05, 0.1) is 0 Å². The minimum Gasteiger partial charge on any atom is -0.454 e. The zero-order chi connectivity index (χ0) is 18.0. The Morgan fingerprint density at radius 3 is 2.73 bits per heavy atom. The predicted molar refractivity (Wildman–Crippen MR) is 98.1 cm³/mol. The van der Waals surface area contributed by atoms with Gasteiger partial charge >= 0.3 is 0 Å². The van der Waals surface area contributed by atoms with E-state index in [9.17, 15) is 4.39 Å². The number of ether oxygens (including phenoxy) is 2. The lowest BCUT2D eigenvalue weighted by atomic mass is 9.96. The Kier molecular flexibility index (Phi) is 4.41. The third kappa shape index (κ3) is 3.45. The highest BCUT2D eigenvalue weighted by molar-refractivity contribution is 5.79. The van der Waals surface area contributed by atoms with Crippen molar-refractivity contribution in [1.82, 2.24) is 10.6 Å². The van der Waals surface area contributed by atoms with E-state index in [4.69, 9.17) is 9.47 Å². The molecule has 0 radical (unpaired) electrons. The molecule has 2 N–H and O–H groups in total. The third-order valence-corrected chi connectivity index (χ3v) is 5.01. The highest BCUT2D eigenvalue weighted by atomic mass is 19.1. The highest BCUT2D eigenvalue weighted by Crippen LogP contribution is 2.47. The van der Waals surface area contributed by atoms with Crippen LogP contribution >= 0.6 is 0 Å². The molecular weight excluding hydrogens is 333 g/mol. The smallest absolute Gasteiger partial charge is 0.231 e. The molecule has 4 rings (SSSR count). The zero-order valence-corrected chi connectivity index (χ0v) is 14.7. The van der Waals surface area contributed by atoms with E-state index in [1.165, 1.54) is 6.07 Å². The molecule has 0 atom stereocenters. The normalized spacial score (nSPS) is 17.1. The summed E-state index contributed by atoms with van der Waals surface area (Å²) in [4.78, 5) is 4.28. The Morgan fingerprint density at radius 2 is 1.96 bits per heavy atom. The Labute approximate surface area is 152 Å². The van der Waals surface area contributed by atoms with Gasteiger partial charge in [0.2, 0.25) is 6.79 Å². The Hall–Kier alpha value is -2.76. The number of rotatable bonds is 5. The van der Waals surface area contributed by atoms with Crippen molar-refractivity contribution in [2.24, 2.45) is 4.99 Å². The minimum atomic E-state index is -0.181. The van der Waals surface area contributed by atoms with Crippen LogP contribution in [0.4, 0.5) is 4.39 Å². The maximum atomic E-state index is 13.5. The SMILES string of the molecule is CN=C(NCc1ccc2c(c1)OCO2)NCC1(c2cccc(F)c2)CC1. The Morgan fingerprint density at radius 1 is 1.12 bits per heavy atom. The van der Waals surface area contributed by atoms with Gasteiger partial charge in [0.15, 0.2) is 17.5 Å². The first kappa shape index (κ1) is 16.7. The summed E-state index contributed by atoms with van der Waals surface area (Å²) in [6.45, 7) is 1.64. The van der Waals surface area contributed by atoms with Gasteiger partial charge in [-0.1, -0.05) is 18.2 Å². The first-order valence-electron chi connectivity index (χ1n) is 8.78. The van der Waals surface area contributed by atoms with Gasteiger partial charge in [-0.25, -0.2) is 4.39 Å². The first-order chi connectivity index (χ1) is 12.7. The summed E-state index contributed by atoms with van der Waals surface area (Å²) in [5.41, 5.74) is 2.15. The standard InChI is InChI=1S/C20H22FN3O2/c1-22-19(23-11-14-5-6-17-18(9-14)26-13-25-17)24-12-20(7-8-20)15-3-2-4-16(21)10-15/h2-6,9-10H,7-8,11-13H2,1H3,(H2,22,23,24). The molecule has 1 aliphatic heterocycles. The summed E-state index contributed by atoms with van der Waals surface area (Å²) in [7, 11) is 1.75. The van der Waals surface area contributed by atoms with E-state index < -0.39 is 0 Å². The number of hydrogen-bond acceptors (Lipinski definition) is 3. The van der Waals surface area contributed by atoms with Gasteiger partial charge in [-0.2, -0.15) is 0 Å². The topological polar surface area (TPSA) is 54.9 Å². The second-order valence-electron chi connectivity index (χ2n) is 6.76. The summed E-state index contributed by atoms with van der Waals surface area (Å²) >= 11 is 0. The molecule has 0 spiro atoms. The molecule has 5 nitrogen and oxygen atoms in total. The van der Waals surface area contributed by atoms with Crippen molar-refractivity contribution in [2.45, 2.75) is 24.8 Å². The second-order valence-corrected chi connectivity index (χ2v) is 6.76. The van der Waals surface area contributed by atoms with Gasteiger partial charge in [0.1, 0.15) is 5.82 Å². The number of fused-ring (bicyclic) bond motifs is 1. The molecule has 136 valence electrons. The van der Waals surface area contributed by atoms with Crippen LogP contribution in [0.15, 0.2) is 47.5 Å². The van der Waals surface area contributed by atoms with Crippen LogP contribution in [0.5, 0.6) is 11.5 Å². The van der Waals surface area contributed by atoms with Gasteiger partial charge in [-0.15, -0.1) is 0 Å². The number of hydrogen-bond donors (Lipinski definition) is 2. The molecule has 2 aromatic rings. The molecule has 26 heavy (non-hydrogen) atoms. The number of nitrogens with one attached hydrogen (secondary N) is 2. The fraction of sp³-hybridized carbons (Fsp3) is 0.350. The van der Waals surface area contributed by atoms with Crippen molar-refractivity contribution in [2.75, 3.05) is 20.4 Å². The van der Waals surface area contributed by atoms with Crippen LogP contribution in [0.3, 0.4) is 0 Å². The summed E-state index contributed by atoms with van der Waals surface area (Å²) in [6.07, 6.45) is 2.12. The lowest BCUT2D eigenvalue weighted by Crippen LogP contribution is -2.40. The fourth-order valence-corrected chi connectivity index (χ4v) is 3.25. The molecule has 1 fully saturated rings. The van der Waals surface area contributed by atoms with Crippen LogP contribution in [0.1, 0.15) is 24.0 Å². The molecule has 6 heteroatoms. The van der Waals surface area contributed by atoms with E-state index in [1.54, 1.807) is 19.2 Å². The monoisotopic (exact) mass is 355 g/mol. The minimum absolute atomic E-state index is 0.0124. The van der Waals surface area contributed by atoms with Gasteiger partial charge in [0, 0.05) is 25.6 Å². The van der Waals surface area contributed by atoms with Gasteiger partial charge in [-0.05, 0) is 48.2 Å². The number of halogens is 1. The third-order valence-electron chi connectivity index (χ3n) is 5.01. The molecule has 0 amide bonds. The van der Waals surface area contributed by atoms with E-state index in [0.29, 0.717) is 6.54 Å². The first-order valence-corrected chi connectivity index (χ1v) is 8.78. The van der Waals surface area contributed by atoms with Crippen LogP contribution in [-0.4, -0.2) is 26.3 Å². The molecule has 1 heterocycles. The van der Waals surface area contributed by atoms with E-state index in [-0.39, 0.29) is 18.0 Å². The van der Waals surface area contributed by atoms with Crippen molar-refractivity contribution in [3.05, 3.63) is 59.4 Å². The molecule has 0 bridgehead atoms. The Balaban J connectivity index is 1.34. The lowest BCUT2D eigenvalue weighted by Gasteiger charge is -2.19. The number of benzene rings is 2. The molecule has 2 aliphatic rings. The number of nitrogens with zero attached hydrogens (tertiary/aromatic N) is 1. The van der Waals surface area contributed by atoms with Crippen LogP contribution in [0, 0.1) is 5.82 Å². The quantitative estimate of drug-likeness (QED) is 0.640. The summed E-state index contributed by atoms with van der Waals surface area (Å²) in [5.74, 6) is 2.10. The van der Waals surface area contributed by atoms with E-state index in [2.05, 4.69) is 15.6 Å². The van der Waals surface area contributed by atoms with E-state index >= 15 is 0 Å². The summed E-state index contributed by atoms with van der Waals surface area (Å²) in [6, 6.07) is 12.8. The van der Waals surface area contributed by atoms with Gasteiger partial charge < -0.3 is 20.1 Å². The lowest BCUT2D eigenvalue weighted by molar-refractivity contribution is 0.174. The van der Waals surface area contributed by atoms with Crippen LogP contribution < -0.4 is 20.1 Å². The number of guanidine groups is 1. The van der Waals surface area contributed by atoms with E-state index in [1.807, 2.05) is 24.3 Å². The highest BCUT2D eigenvalue weighted by Gasteiger charge is 2.44. The predicted octanol–water partition coefficient (Wildman–Crippen LogP) is 2.95. The summed E-state index contributed by atoms with van der Waals surface area (Å²) < 4.78 is 24.3. The van der Waals surface area contributed by atoms with E-state index in [0.717, 1.165) is 48.0 Å². The van der Waals surface area contributed by atoms with Gasteiger partial charge in [0.25, 0.3) is 0 Å². The zero-order valence-electron chi connectivity index (χ0n) is 14.7. The Bertz CT molecular complexity index is 834. The average molecular weight is 355 g/mol. The maximum absolute atomic E-state index is 13.5. The molecule has 0 aromatic heterocycles. The molecule has 0 saturated heterocycles. The van der Waals surface area contributed by atoms with Gasteiger partial charge in [-0.3, -0.25) is 4.99 Å². The van der Waals surface area contributed by atoms with Crippen molar-refractivity contribution < 1.29 is 13.9 Å². The average Bonchev–Trinajstić information content (AvgIpc) is 3.31. The molecule has 2 aromatic carbocycles. The van der Waals surface area contributed by atoms with Crippen molar-refractivity contribution in [3.63, 3.8) is 0 Å². The molecular formula is C20H22FN3O2. The maximum Gasteiger partial charge on any atom is 0.231 e. The molecule has 1 aliphatic carbocycles. The van der Waals surface area contributed by atoms with Crippen molar-refractivity contribution in [3.8, 4) is 11.5 Å². The second kappa shape index (κ2) is 6.86. The van der Waals surface area contributed by atoms with Crippen LogP contribution in [-0.2, 0) is 12.0 Å². The van der Waals surface area contributed by atoms with Crippen LogP contribution in [0.2, 0.25) is 0 Å². The molecule has 0 unspecified atom stereocenters. The van der Waals surface area contributed by atoms with Crippen molar-refractivity contribution >= 4 is 5.96 Å². The molecule has 1 saturated carbocycles. The largest absolute Gasteiger partial charge is 0.454 e. The fourth-order valence-electron chi connectivity index (χ4n) is 3.25. The summed E-state index contributed by atoms with van der Waals surface area (Å²) in [5, 5.41) is 6.68. The van der Waals surface area contributed by atoms with Crippen molar-refractivity contribution in [1.29, 1.82) is 0 Å². The van der Waals surface area contributed by atoms with Crippen LogP contribution in [0.25, 0.3) is 0 Å².